The Kier molecular flexibility index (Phi) is 4.70. The molecule has 0 unspecified atom stereocenters. The minimum Gasteiger partial charge on any atom is -0.468 e. The van der Waals surface area contributed by atoms with Gasteiger partial charge in [-0.2, -0.15) is 0 Å². The van der Waals surface area contributed by atoms with Gasteiger partial charge in [-0.25, -0.2) is 0 Å². The molecular weight excluding hydrogens is 166 g/mol. The van der Waals surface area contributed by atoms with Crippen molar-refractivity contribution in [2.45, 2.75) is 25.3 Å². The summed E-state index contributed by atoms with van der Waals surface area (Å²) in [7, 11) is 5.16. The summed E-state index contributed by atoms with van der Waals surface area (Å²) in [5, 5.41) is 0. The highest BCUT2D eigenvalue weighted by Gasteiger charge is 2.35. The molecule has 0 amide bonds. The van der Waals surface area contributed by atoms with Crippen molar-refractivity contribution < 1.29 is 9.53 Å². The highest BCUT2D eigenvalue weighted by Crippen LogP contribution is 2.20. The summed E-state index contributed by atoms with van der Waals surface area (Å²) in [4.78, 5) is 13.4. The lowest BCUT2D eigenvalue weighted by Gasteiger charge is -2.33. The maximum absolute atomic E-state index is 11.5. The Balaban J connectivity index is 4.51. The lowest BCUT2D eigenvalue weighted by Crippen LogP contribution is -2.49. The number of ether oxygens (including phenoxy) is 1. The van der Waals surface area contributed by atoms with E-state index in [1.54, 1.807) is 0 Å². The number of allylic oxidation sites excluding steroid dienone is 1. The molecule has 0 aliphatic carbocycles. The van der Waals surface area contributed by atoms with Gasteiger partial charge in [0.25, 0.3) is 0 Å². The molecule has 76 valence electrons. The molecule has 0 rings (SSSR count). The third kappa shape index (κ3) is 2.84. The van der Waals surface area contributed by atoms with Gasteiger partial charge in [0, 0.05) is 0 Å². The fourth-order valence-corrected chi connectivity index (χ4v) is 1.11. The number of methoxy groups -OCH3 is 1. The van der Waals surface area contributed by atoms with Crippen LogP contribution in [0.15, 0.2) is 12.7 Å². The van der Waals surface area contributed by atoms with E-state index in [0.29, 0.717) is 0 Å². The molecule has 0 heterocycles. The molecule has 0 saturated heterocycles. The van der Waals surface area contributed by atoms with Gasteiger partial charge in [-0.15, -0.1) is 6.58 Å². The minimum absolute atomic E-state index is 0.195. The normalized spacial score (nSPS) is 15.2. The highest BCUT2D eigenvalue weighted by molar-refractivity contribution is 5.80. The number of hydrogen-bond donors (Lipinski definition) is 0. The maximum Gasteiger partial charge on any atom is 0.325 e. The molecule has 0 aromatic rings. The van der Waals surface area contributed by atoms with Crippen LogP contribution in [-0.2, 0) is 9.53 Å². The van der Waals surface area contributed by atoms with Gasteiger partial charge in [-0.3, -0.25) is 9.69 Å². The fourth-order valence-electron chi connectivity index (χ4n) is 1.11. The van der Waals surface area contributed by atoms with Crippen LogP contribution in [-0.4, -0.2) is 37.6 Å². The van der Waals surface area contributed by atoms with Gasteiger partial charge in [0.2, 0.25) is 0 Å². The number of likely N-dealkylation sites (N-methyl/N-ethyl adjacent to an activating group) is 1. The van der Waals surface area contributed by atoms with Crippen molar-refractivity contribution in [3.63, 3.8) is 0 Å². The second-order valence-corrected chi connectivity index (χ2v) is 3.49. The largest absolute Gasteiger partial charge is 0.468 e. The quantitative estimate of drug-likeness (QED) is 0.479. The zero-order valence-electron chi connectivity index (χ0n) is 8.96. The Bertz CT molecular complexity index is 189. The van der Waals surface area contributed by atoms with E-state index in [2.05, 4.69) is 6.58 Å². The molecule has 0 aliphatic rings. The molecule has 0 bridgehead atoms. The second kappa shape index (κ2) is 5.02. The molecule has 0 radical (unpaired) electrons. The lowest BCUT2D eigenvalue weighted by molar-refractivity contribution is -0.153. The molecule has 0 aromatic heterocycles. The number of carbonyl (C=O) groups excluding carboxylic acids is 1. The van der Waals surface area contributed by atoms with Crippen LogP contribution in [0, 0.1) is 0 Å². The minimum atomic E-state index is -0.539. The highest BCUT2D eigenvalue weighted by atomic mass is 16.5. The second-order valence-electron chi connectivity index (χ2n) is 3.49. The number of nitrogens with zero attached hydrogens (tertiary/aromatic N) is 1. The average molecular weight is 185 g/mol. The van der Waals surface area contributed by atoms with E-state index < -0.39 is 5.54 Å². The molecule has 0 saturated carbocycles. The van der Waals surface area contributed by atoms with E-state index in [-0.39, 0.29) is 5.97 Å². The van der Waals surface area contributed by atoms with Gasteiger partial charge in [0.1, 0.15) is 5.54 Å². The predicted octanol–water partition coefficient (Wildman–Crippen LogP) is 1.45. The predicted molar refractivity (Wildman–Crippen MR) is 53.5 cm³/mol. The van der Waals surface area contributed by atoms with Gasteiger partial charge < -0.3 is 4.74 Å². The Hall–Kier alpha value is -0.830. The van der Waals surface area contributed by atoms with Crippen molar-refractivity contribution in [1.82, 2.24) is 4.90 Å². The number of carbonyl (C=O) groups is 1. The average Bonchev–Trinajstić information content (AvgIpc) is 2.12. The van der Waals surface area contributed by atoms with E-state index in [0.717, 1.165) is 12.8 Å². The van der Waals surface area contributed by atoms with Gasteiger partial charge in [0.15, 0.2) is 0 Å². The molecule has 0 fully saturated rings. The summed E-state index contributed by atoms with van der Waals surface area (Å²) < 4.78 is 4.76. The van der Waals surface area contributed by atoms with Crippen LogP contribution in [0.5, 0.6) is 0 Å². The lowest BCUT2D eigenvalue weighted by atomic mass is 9.94. The Morgan fingerprint density at radius 1 is 1.62 bits per heavy atom. The maximum atomic E-state index is 11.5. The van der Waals surface area contributed by atoms with Crippen molar-refractivity contribution >= 4 is 5.97 Å². The van der Waals surface area contributed by atoms with Crippen LogP contribution in [0.3, 0.4) is 0 Å². The molecule has 0 spiro atoms. The number of rotatable bonds is 5. The molecule has 3 heteroatoms. The van der Waals surface area contributed by atoms with Crippen LogP contribution in [0.2, 0.25) is 0 Å². The van der Waals surface area contributed by atoms with Crippen LogP contribution < -0.4 is 0 Å². The molecule has 1 atom stereocenters. The molecular formula is C10H19NO2. The summed E-state index contributed by atoms with van der Waals surface area (Å²) >= 11 is 0. The van der Waals surface area contributed by atoms with Gasteiger partial charge in [-0.05, 0) is 33.9 Å². The third-order valence-electron chi connectivity index (χ3n) is 2.45. The zero-order chi connectivity index (χ0) is 10.5. The van der Waals surface area contributed by atoms with Crippen molar-refractivity contribution in [3.8, 4) is 0 Å². The van der Waals surface area contributed by atoms with Gasteiger partial charge >= 0.3 is 5.97 Å². The summed E-state index contributed by atoms with van der Waals surface area (Å²) in [5.41, 5.74) is -0.539. The standard InChI is InChI=1S/C10H19NO2/c1-6-7-8-10(2,11(3)4)9(12)13-5/h6H,1,7-8H2,2-5H3/t10-/m0/s1. The topological polar surface area (TPSA) is 29.5 Å². The summed E-state index contributed by atoms with van der Waals surface area (Å²) in [6.45, 7) is 5.51. The van der Waals surface area contributed by atoms with Crippen LogP contribution >= 0.6 is 0 Å². The monoisotopic (exact) mass is 185 g/mol. The first kappa shape index (κ1) is 12.2. The molecule has 0 aromatic carbocycles. The van der Waals surface area contributed by atoms with Crippen molar-refractivity contribution in [3.05, 3.63) is 12.7 Å². The molecule has 0 aliphatic heterocycles. The van der Waals surface area contributed by atoms with Crippen LogP contribution in [0.4, 0.5) is 0 Å². The smallest absolute Gasteiger partial charge is 0.325 e. The summed E-state index contributed by atoms with van der Waals surface area (Å²) in [5.74, 6) is -0.195. The van der Waals surface area contributed by atoms with E-state index in [4.69, 9.17) is 4.74 Å². The fraction of sp³-hybridized carbons (Fsp3) is 0.700. The van der Waals surface area contributed by atoms with E-state index >= 15 is 0 Å². The number of hydrogen-bond acceptors (Lipinski definition) is 3. The first-order valence-electron chi connectivity index (χ1n) is 4.35. The number of esters is 1. The van der Waals surface area contributed by atoms with E-state index in [9.17, 15) is 4.79 Å². The first-order chi connectivity index (χ1) is 5.99. The third-order valence-corrected chi connectivity index (χ3v) is 2.45. The van der Waals surface area contributed by atoms with Gasteiger partial charge in [0.05, 0.1) is 7.11 Å². The SMILES string of the molecule is C=CCC[C@@](C)(C(=O)OC)N(C)C. The summed E-state index contributed by atoms with van der Waals surface area (Å²) in [6, 6.07) is 0. The Labute approximate surface area is 80.4 Å². The zero-order valence-corrected chi connectivity index (χ0v) is 8.96. The Morgan fingerprint density at radius 3 is 2.46 bits per heavy atom. The van der Waals surface area contributed by atoms with Crippen molar-refractivity contribution in [1.29, 1.82) is 0 Å². The first-order valence-corrected chi connectivity index (χ1v) is 4.35. The molecule has 0 N–H and O–H groups in total. The van der Waals surface area contributed by atoms with E-state index in [1.807, 2.05) is 32.0 Å². The molecule has 13 heavy (non-hydrogen) atoms. The van der Waals surface area contributed by atoms with Crippen molar-refractivity contribution in [2.24, 2.45) is 0 Å². The van der Waals surface area contributed by atoms with E-state index in [1.165, 1.54) is 7.11 Å². The summed E-state index contributed by atoms with van der Waals surface area (Å²) in [6.07, 6.45) is 3.35. The van der Waals surface area contributed by atoms with Crippen LogP contribution in [0.25, 0.3) is 0 Å². The van der Waals surface area contributed by atoms with Gasteiger partial charge in [-0.1, -0.05) is 6.08 Å². The Morgan fingerprint density at radius 2 is 2.15 bits per heavy atom. The van der Waals surface area contributed by atoms with Crippen molar-refractivity contribution in [2.75, 3.05) is 21.2 Å². The van der Waals surface area contributed by atoms with Crippen LogP contribution in [0.1, 0.15) is 19.8 Å². The molecule has 3 nitrogen and oxygen atoms in total.